The van der Waals surface area contributed by atoms with Crippen LogP contribution in [0.15, 0.2) is 12.2 Å². The topological polar surface area (TPSA) is 17.1 Å². The van der Waals surface area contributed by atoms with Gasteiger partial charge < -0.3 is 0 Å². The fraction of sp³-hybridized carbons (Fsp3) is 0.700. The van der Waals surface area contributed by atoms with Crippen LogP contribution in [0.5, 0.6) is 0 Å². The fourth-order valence-corrected chi connectivity index (χ4v) is 1.21. The number of hydrogen-bond donors (Lipinski definition) is 0. The number of allylic oxidation sites excluding steroid dienone is 2. The predicted molar refractivity (Wildman–Crippen MR) is 46.3 cm³/mol. The summed E-state index contributed by atoms with van der Waals surface area (Å²) in [6.45, 7) is 1.80. The van der Waals surface area contributed by atoms with E-state index in [4.69, 9.17) is 0 Å². The van der Waals surface area contributed by atoms with Crippen molar-refractivity contribution >= 4 is 6.29 Å². The van der Waals surface area contributed by atoms with Crippen LogP contribution in [0.25, 0.3) is 0 Å². The molecule has 0 radical (unpaired) electrons. The van der Waals surface area contributed by atoms with E-state index in [0.29, 0.717) is 0 Å². The molecule has 1 heteroatoms. The molecule has 0 amide bonds. The molecule has 0 spiro atoms. The summed E-state index contributed by atoms with van der Waals surface area (Å²) < 4.78 is 0. The summed E-state index contributed by atoms with van der Waals surface area (Å²) in [5.41, 5.74) is 0. The number of carbonyl (C=O) groups is 1. The van der Waals surface area contributed by atoms with Gasteiger partial charge in [-0.15, -0.1) is 0 Å². The first-order valence-electron chi connectivity index (χ1n) is 4.45. The number of rotatable bonds is 2. The SMILES string of the molecule is C1CC1C1CC1.CC=CC=O. The third-order valence-electron chi connectivity index (χ3n) is 2.18. The molecule has 0 aromatic rings. The molecule has 0 heterocycles. The Hall–Kier alpha value is -0.590. The van der Waals surface area contributed by atoms with Crippen molar-refractivity contribution < 1.29 is 4.79 Å². The van der Waals surface area contributed by atoms with Crippen LogP contribution < -0.4 is 0 Å². The zero-order valence-corrected chi connectivity index (χ0v) is 7.12. The van der Waals surface area contributed by atoms with Crippen molar-refractivity contribution in [1.82, 2.24) is 0 Å². The van der Waals surface area contributed by atoms with E-state index >= 15 is 0 Å². The third-order valence-corrected chi connectivity index (χ3v) is 2.18. The van der Waals surface area contributed by atoms with E-state index in [-0.39, 0.29) is 0 Å². The number of hydrogen-bond acceptors (Lipinski definition) is 1. The second-order valence-electron chi connectivity index (χ2n) is 3.34. The lowest BCUT2D eigenvalue weighted by Gasteiger charge is -1.77. The molecule has 0 atom stereocenters. The molecular weight excluding hydrogens is 136 g/mol. The Morgan fingerprint density at radius 2 is 1.55 bits per heavy atom. The molecule has 0 bridgehead atoms. The molecule has 0 unspecified atom stereocenters. The van der Waals surface area contributed by atoms with Crippen LogP contribution in [0.1, 0.15) is 32.6 Å². The smallest absolute Gasteiger partial charge is 0.142 e. The van der Waals surface area contributed by atoms with Gasteiger partial charge in [0.2, 0.25) is 0 Å². The Balaban J connectivity index is 0.000000114. The van der Waals surface area contributed by atoms with Gasteiger partial charge in [-0.1, -0.05) is 6.08 Å². The van der Waals surface area contributed by atoms with Gasteiger partial charge in [0, 0.05) is 0 Å². The number of aldehydes is 1. The normalized spacial score (nSPS) is 22.6. The Kier molecular flexibility index (Phi) is 3.34. The maximum Gasteiger partial charge on any atom is 0.142 e. The van der Waals surface area contributed by atoms with Crippen molar-refractivity contribution in [3.8, 4) is 0 Å². The van der Waals surface area contributed by atoms with E-state index in [1.807, 2.05) is 0 Å². The molecule has 0 aromatic heterocycles. The standard InChI is InChI=1S/C6H10.C4H6O/c1-2-5(1)6-3-4-6;1-2-3-4-5/h5-6H,1-4H2;2-4H,1H3. The minimum absolute atomic E-state index is 0.750. The molecule has 2 fully saturated rings. The Morgan fingerprint density at radius 1 is 1.09 bits per heavy atom. The monoisotopic (exact) mass is 152 g/mol. The zero-order chi connectivity index (χ0) is 8.10. The van der Waals surface area contributed by atoms with Crippen molar-refractivity contribution in [2.75, 3.05) is 0 Å². The van der Waals surface area contributed by atoms with Crippen molar-refractivity contribution in [2.24, 2.45) is 11.8 Å². The zero-order valence-electron chi connectivity index (χ0n) is 7.12. The van der Waals surface area contributed by atoms with Gasteiger partial charge in [-0.2, -0.15) is 0 Å². The summed E-state index contributed by atoms with van der Waals surface area (Å²) in [5, 5.41) is 0. The molecule has 2 rings (SSSR count). The maximum absolute atomic E-state index is 9.32. The molecule has 0 N–H and O–H groups in total. The summed E-state index contributed by atoms with van der Waals surface area (Å²) in [5.74, 6) is 2.43. The van der Waals surface area contributed by atoms with Crippen LogP contribution in [-0.4, -0.2) is 6.29 Å². The third kappa shape index (κ3) is 3.97. The molecule has 0 aromatic carbocycles. The van der Waals surface area contributed by atoms with Crippen LogP contribution in [0.2, 0.25) is 0 Å². The minimum Gasteiger partial charge on any atom is -0.299 e. The molecule has 2 aliphatic carbocycles. The lowest BCUT2D eigenvalue weighted by atomic mass is 10.3. The summed E-state index contributed by atoms with van der Waals surface area (Å²) in [6.07, 6.45) is 10.1. The van der Waals surface area contributed by atoms with Crippen LogP contribution >= 0.6 is 0 Å². The average Bonchev–Trinajstić information content (AvgIpc) is 2.85. The fourth-order valence-electron chi connectivity index (χ4n) is 1.21. The minimum atomic E-state index is 0.750. The predicted octanol–water partition coefficient (Wildman–Crippen LogP) is 2.57. The van der Waals surface area contributed by atoms with Crippen LogP contribution in [-0.2, 0) is 4.79 Å². The highest BCUT2D eigenvalue weighted by Crippen LogP contribution is 2.49. The van der Waals surface area contributed by atoms with Crippen LogP contribution in [0, 0.1) is 11.8 Å². The van der Waals surface area contributed by atoms with E-state index in [1.165, 1.54) is 17.9 Å². The first kappa shape index (κ1) is 8.51. The molecule has 11 heavy (non-hydrogen) atoms. The van der Waals surface area contributed by atoms with Gasteiger partial charge in [-0.05, 0) is 50.5 Å². The molecule has 2 aliphatic rings. The van der Waals surface area contributed by atoms with Crippen LogP contribution in [0.3, 0.4) is 0 Å². The van der Waals surface area contributed by atoms with Gasteiger partial charge in [-0.25, -0.2) is 0 Å². The van der Waals surface area contributed by atoms with Gasteiger partial charge >= 0.3 is 0 Å². The highest BCUT2D eigenvalue weighted by molar-refractivity contribution is 5.64. The van der Waals surface area contributed by atoms with Gasteiger partial charge in [-0.3, -0.25) is 4.79 Å². The quantitative estimate of drug-likeness (QED) is 0.439. The van der Waals surface area contributed by atoms with Crippen molar-refractivity contribution in [1.29, 1.82) is 0 Å². The van der Waals surface area contributed by atoms with E-state index in [1.54, 1.807) is 38.7 Å². The second kappa shape index (κ2) is 4.32. The first-order chi connectivity index (χ1) is 5.38. The van der Waals surface area contributed by atoms with Crippen molar-refractivity contribution in [2.45, 2.75) is 32.6 Å². The molecule has 0 saturated heterocycles. The Bertz CT molecular complexity index is 131. The second-order valence-corrected chi connectivity index (χ2v) is 3.34. The maximum atomic E-state index is 9.32. The van der Waals surface area contributed by atoms with Crippen LogP contribution in [0.4, 0.5) is 0 Å². The largest absolute Gasteiger partial charge is 0.299 e. The van der Waals surface area contributed by atoms with E-state index in [0.717, 1.165) is 6.29 Å². The number of carbonyl (C=O) groups excluding carboxylic acids is 1. The lowest BCUT2D eigenvalue weighted by molar-refractivity contribution is -0.104. The molecular formula is C10H16O. The van der Waals surface area contributed by atoms with Gasteiger partial charge in [0.05, 0.1) is 0 Å². The Labute approximate surface area is 68.5 Å². The van der Waals surface area contributed by atoms with Crippen molar-refractivity contribution in [3.05, 3.63) is 12.2 Å². The highest BCUT2D eigenvalue weighted by Gasteiger charge is 2.37. The van der Waals surface area contributed by atoms with Gasteiger partial charge in [0.25, 0.3) is 0 Å². The molecule has 2 saturated carbocycles. The highest BCUT2D eigenvalue weighted by atomic mass is 16.1. The molecule has 0 aliphatic heterocycles. The van der Waals surface area contributed by atoms with E-state index in [9.17, 15) is 4.79 Å². The molecule has 62 valence electrons. The Morgan fingerprint density at radius 3 is 1.64 bits per heavy atom. The van der Waals surface area contributed by atoms with E-state index in [2.05, 4.69) is 0 Å². The summed E-state index contributed by atoms with van der Waals surface area (Å²) in [7, 11) is 0. The summed E-state index contributed by atoms with van der Waals surface area (Å²) in [6, 6.07) is 0. The first-order valence-corrected chi connectivity index (χ1v) is 4.45. The molecule has 1 nitrogen and oxygen atoms in total. The average molecular weight is 152 g/mol. The summed E-state index contributed by atoms with van der Waals surface area (Å²) >= 11 is 0. The van der Waals surface area contributed by atoms with Gasteiger partial charge in [0.1, 0.15) is 6.29 Å². The van der Waals surface area contributed by atoms with E-state index < -0.39 is 0 Å². The lowest BCUT2D eigenvalue weighted by Crippen LogP contribution is -1.70. The van der Waals surface area contributed by atoms with Crippen molar-refractivity contribution in [3.63, 3.8) is 0 Å². The van der Waals surface area contributed by atoms with Gasteiger partial charge in [0.15, 0.2) is 0 Å². The summed E-state index contributed by atoms with van der Waals surface area (Å²) in [4.78, 5) is 9.32.